The lowest BCUT2D eigenvalue weighted by molar-refractivity contribution is -0.153. The first-order valence-corrected chi connectivity index (χ1v) is 12.4. The molecular formula is C19H22ClN3O5S2. The van der Waals surface area contributed by atoms with Crippen LogP contribution in [0.15, 0.2) is 40.8 Å². The van der Waals surface area contributed by atoms with Crippen molar-refractivity contribution in [3.8, 4) is 0 Å². The van der Waals surface area contributed by atoms with Gasteiger partial charge in [0.2, 0.25) is 10.0 Å². The first kappa shape index (κ1) is 22.7. The van der Waals surface area contributed by atoms with Gasteiger partial charge in [-0.15, -0.1) is 11.3 Å². The van der Waals surface area contributed by atoms with Crippen LogP contribution in [0.5, 0.6) is 0 Å². The van der Waals surface area contributed by atoms with Crippen molar-refractivity contribution in [3.63, 3.8) is 0 Å². The van der Waals surface area contributed by atoms with Crippen LogP contribution in [0.1, 0.15) is 18.4 Å². The fraction of sp³-hybridized carbons (Fsp3) is 0.421. The van der Waals surface area contributed by atoms with Gasteiger partial charge in [0.15, 0.2) is 11.4 Å². The summed E-state index contributed by atoms with van der Waals surface area (Å²) in [6.45, 7) is 0.434. The van der Waals surface area contributed by atoms with Crippen LogP contribution in [-0.4, -0.2) is 55.1 Å². The highest BCUT2D eigenvalue weighted by molar-refractivity contribution is 7.88. The Balaban J connectivity index is 1.60. The minimum Gasteiger partial charge on any atom is -0.455 e. The third kappa shape index (κ3) is 6.00. The maximum Gasteiger partial charge on any atom is 0.310 e. The van der Waals surface area contributed by atoms with Crippen LogP contribution < -0.4 is 4.80 Å². The highest BCUT2D eigenvalue weighted by Gasteiger charge is 2.31. The molecule has 162 valence electrons. The number of amides is 1. The minimum atomic E-state index is -3.36. The van der Waals surface area contributed by atoms with E-state index in [0.29, 0.717) is 35.8 Å². The lowest BCUT2D eigenvalue weighted by atomic mass is 10.0. The van der Waals surface area contributed by atoms with Crippen molar-refractivity contribution in [1.82, 2.24) is 8.87 Å². The Labute approximate surface area is 183 Å². The van der Waals surface area contributed by atoms with E-state index in [9.17, 15) is 18.0 Å². The zero-order valence-electron chi connectivity index (χ0n) is 16.4. The number of ether oxygens (including phenoxy) is 1. The van der Waals surface area contributed by atoms with Gasteiger partial charge >= 0.3 is 5.97 Å². The molecule has 1 aliphatic heterocycles. The summed E-state index contributed by atoms with van der Waals surface area (Å²) in [5, 5.41) is 2.43. The van der Waals surface area contributed by atoms with E-state index >= 15 is 0 Å². The summed E-state index contributed by atoms with van der Waals surface area (Å²) in [7, 11) is -3.36. The van der Waals surface area contributed by atoms with E-state index < -0.39 is 34.4 Å². The predicted molar refractivity (Wildman–Crippen MR) is 114 cm³/mol. The fourth-order valence-corrected chi connectivity index (χ4v) is 4.99. The summed E-state index contributed by atoms with van der Waals surface area (Å²) in [5.41, 5.74) is 0.894. The molecule has 11 heteroatoms. The summed E-state index contributed by atoms with van der Waals surface area (Å²) in [6.07, 6.45) is 4.01. The van der Waals surface area contributed by atoms with E-state index in [0.717, 1.165) is 11.8 Å². The Morgan fingerprint density at radius 1 is 1.33 bits per heavy atom. The summed E-state index contributed by atoms with van der Waals surface area (Å²) < 4.78 is 31.5. The van der Waals surface area contributed by atoms with Gasteiger partial charge in [-0.25, -0.2) is 12.7 Å². The van der Waals surface area contributed by atoms with Crippen molar-refractivity contribution in [2.24, 2.45) is 10.9 Å². The average molecular weight is 472 g/mol. The zero-order chi connectivity index (χ0) is 21.7. The number of halogens is 1. The fourth-order valence-electron chi connectivity index (χ4n) is 3.14. The Morgan fingerprint density at radius 3 is 2.83 bits per heavy atom. The maximum atomic E-state index is 12.3. The van der Waals surface area contributed by atoms with Crippen LogP contribution in [0.3, 0.4) is 0 Å². The van der Waals surface area contributed by atoms with Crippen LogP contribution in [0.25, 0.3) is 0 Å². The van der Waals surface area contributed by atoms with Crippen LogP contribution in [0.2, 0.25) is 5.02 Å². The van der Waals surface area contributed by atoms with E-state index in [1.54, 1.807) is 22.2 Å². The van der Waals surface area contributed by atoms with Crippen LogP contribution >= 0.6 is 22.9 Å². The number of benzene rings is 1. The topological polar surface area (TPSA) is 98.0 Å². The summed E-state index contributed by atoms with van der Waals surface area (Å²) in [4.78, 5) is 29.0. The third-order valence-electron chi connectivity index (χ3n) is 4.70. The molecule has 0 spiro atoms. The van der Waals surface area contributed by atoms with Gasteiger partial charge in [-0.1, -0.05) is 29.8 Å². The molecule has 1 unspecified atom stereocenters. The first-order valence-electron chi connectivity index (χ1n) is 9.30. The molecule has 0 aliphatic carbocycles. The molecule has 1 saturated heterocycles. The molecule has 1 aromatic heterocycles. The molecule has 1 amide bonds. The molecule has 2 aromatic rings. The number of hydrogen-bond donors (Lipinski definition) is 0. The molecule has 0 radical (unpaired) electrons. The predicted octanol–water partition coefficient (Wildman–Crippen LogP) is 1.89. The summed E-state index contributed by atoms with van der Waals surface area (Å²) in [5.74, 6) is -1.75. The number of esters is 1. The number of piperidine rings is 1. The molecule has 0 N–H and O–H groups in total. The van der Waals surface area contributed by atoms with Crippen molar-refractivity contribution in [3.05, 3.63) is 51.2 Å². The molecule has 30 heavy (non-hydrogen) atoms. The third-order valence-corrected chi connectivity index (χ3v) is 7.14. The highest BCUT2D eigenvalue weighted by Crippen LogP contribution is 2.20. The van der Waals surface area contributed by atoms with E-state index in [1.165, 1.54) is 15.6 Å². The standard InChI is InChI=1S/C19H22ClN3O5S2/c1-30(26,27)23-8-4-6-15(12-23)18(25)28-13-17(24)21-19-22(9-10-29-19)11-14-5-2-3-7-16(14)20/h2-3,5,7,9-10,15H,4,6,8,11-13H2,1H3. The largest absolute Gasteiger partial charge is 0.455 e. The van der Waals surface area contributed by atoms with Crippen LogP contribution in [0.4, 0.5) is 0 Å². The normalized spacial score (nSPS) is 18.3. The molecule has 1 aliphatic rings. The molecule has 1 atom stereocenters. The number of rotatable bonds is 6. The molecule has 2 heterocycles. The maximum absolute atomic E-state index is 12.3. The van der Waals surface area contributed by atoms with Crippen molar-refractivity contribution < 1.29 is 22.7 Å². The lowest BCUT2D eigenvalue weighted by Crippen LogP contribution is -2.42. The van der Waals surface area contributed by atoms with Crippen molar-refractivity contribution in [1.29, 1.82) is 0 Å². The Morgan fingerprint density at radius 2 is 2.10 bits per heavy atom. The van der Waals surface area contributed by atoms with Gasteiger partial charge in [0, 0.05) is 29.7 Å². The monoisotopic (exact) mass is 471 g/mol. The molecule has 1 fully saturated rings. The highest BCUT2D eigenvalue weighted by atomic mass is 35.5. The van der Waals surface area contributed by atoms with Gasteiger partial charge in [0.1, 0.15) is 0 Å². The van der Waals surface area contributed by atoms with E-state index in [1.807, 2.05) is 18.2 Å². The van der Waals surface area contributed by atoms with E-state index in [-0.39, 0.29) is 6.54 Å². The van der Waals surface area contributed by atoms with E-state index in [2.05, 4.69) is 4.99 Å². The zero-order valence-corrected chi connectivity index (χ0v) is 18.8. The van der Waals surface area contributed by atoms with E-state index in [4.69, 9.17) is 16.3 Å². The molecule has 1 aromatic carbocycles. The van der Waals surface area contributed by atoms with Gasteiger partial charge in [0.25, 0.3) is 5.91 Å². The molecular weight excluding hydrogens is 450 g/mol. The second-order valence-electron chi connectivity index (χ2n) is 6.98. The first-order chi connectivity index (χ1) is 14.2. The molecule has 8 nitrogen and oxygen atoms in total. The Bertz CT molecular complexity index is 1090. The number of nitrogens with zero attached hydrogens (tertiary/aromatic N) is 3. The smallest absolute Gasteiger partial charge is 0.310 e. The quantitative estimate of drug-likeness (QED) is 0.599. The second-order valence-corrected chi connectivity index (χ2v) is 10.2. The number of sulfonamides is 1. The average Bonchev–Trinajstić information content (AvgIpc) is 3.14. The van der Waals surface area contributed by atoms with Gasteiger partial charge in [-0.2, -0.15) is 4.99 Å². The van der Waals surface area contributed by atoms with Crippen molar-refractivity contribution >= 4 is 44.8 Å². The SMILES string of the molecule is CS(=O)(=O)N1CCCC(C(=O)OCC(=O)N=c2sccn2Cc2ccccc2Cl)C1. The number of thiazole rings is 1. The van der Waals surface area contributed by atoms with Gasteiger partial charge in [0.05, 0.1) is 18.7 Å². The second kappa shape index (κ2) is 9.86. The van der Waals surface area contributed by atoms with Crippen molar-refractivity contribution in [2.75, 3.05) is 26.0 Å². The molecule has 0 bridgehead atoms. The number of aromatic nitrogens is 1. The van der Waals surface area contributed by atoms with Crippen molar-refractivity contribution in [2.45, 2.75) is 19.4 Å². The van der Waals surface area contributed by atoms with Gasteiger partial charge < -0.3 is 9.30 Å². The number of hydrogen-bond acceptors (Lipinski definition) is 6. The lowest BCUT2D eigenvalue weighted by Gasteiger charge is -2.29. The van der Waals surface area contributed by atoms with Crippen LogP contribution in [-0.2, 0) is 30.9 Å². The number of carbonyl (C=O) groups is 2. The molecule has 0 saturated carbocycles. The summed E-state index contributed by atoms with van der Waals surface area (Å²) in [6, 6.07) is 7.41. The molecule has 3 rings (SSSR count). The minimum absolute atomic E-state index is 0.0752. The van der Waals surface area contributed by atoms with Gasteiger partial charge in [-0.05, 0) is 24.5 Å². The van der Waals surface area contributed by atoms with Crippen LogP contribution in [0, 0.1) is 5.92 Å². The Kier molecular flexibility index (Phi) is 7.45. The van der Waals surface area contributed by atoms with Gasteiger partial charge in [-0.3, -0.25) is 9.59 Å². The number of carbonyl (C=O) groups excluding carboxylic acids is 2. The summed E-state index contributed by atoms with van der Waals surface area (Å²) >= 11 is 7.48. The Hall–Kier alpha value is -2.01.